The Kier molecular flexibility index (Phi) is 4.43. The minimum Gasteiger partial charge on any atom is -0.381 e. The fourth-order valence-electron chi connectivity index (χ4n) is 2.96. The zero-order valence-corrected chi connectivity index (χ0v) is 13.0. The first kappa shape index (κ1) is 15.7. The van der Waals surface area contributed by atoms with Crippen molar-refractivity contribution in [2.45, 2.75) is 31.3 Å². The third-order valence-corrected chi connectivity index (χ3v) is 4.39. The van der Waals surface area contributed by atoms with E-state index in [0.717, 1.165) is 5.56 Å². The summed E-state index contributed by atoms with van der Waals surface area (Å²) in [5.41, 5.74) is 0.181. The van der Waals surface area contributed by atoms with E-state index < -0.39 is 11.6 Å². The van der Waals surface area contributed by atoms with Crippen molar-refractivity contribution < 1.29 is 13.9 Å². The van der Waals surface area contributed by atoms with Crippen molar-refractivity contribution in [3.63, 3.8) is 0 Å². The molecular weight excluding hydrogens is 297 g/mol. The number of aromatic nitrogens is 2. The number of benzene rings is 1. The Morgan fingerprint density at radius 3 is 2.83 bits per heavy atom. The van der Waals surface area contributed by atoms with Crippen LogP contribution in [0.3, 0.4) is 0 Å². The highest BCUT2D eigenvalue weighted by molar-refractivity contribution is 5.80. The van der Waals surface area contributed by atoms with Crippen molar-refractivity contribution in [3.8, 4) is 0 Å². The first-order chi connectivity index (χ1) is 11.1. The van der Waals surface area contributed by atoms with Crippen molar-refractivity contribution in [3.05, 3.63) is 54.1 Å². The number of hydrogen-bond acceptors (Lipinski definition) is 3. The van der Waals surface area contributed by atoms with Gasteiger partial charge in [-0.2, -0.15) is 5.10 Å². The minimum absolute atomic E-state index is 0.139. The van der Waals surface area contributed by atoms with Crippen LogP contribution in [0.5, 0.6) is 0 Å². The summed E-state index contributed by atoms with van der Waals surface area (Å²) >= 11 is 0. The van der Waals surface area contributed by atoms with Gasteiger partial charge in [0.05, 0.1) is 5.54 Å². The van der Waals surface area contributed by atoms with Crippen LogP contribution in [0, 0.1) is 5.82 Å². The lowest BCUT2D eigenvalue weighted by Gasteiger charge is -2.39. The number of ether oxygens (including phenoxy) is 1. The van der Waals surface area contributed by atoms with Crippen molar-refractivity contribution >= 4 is 5.91 Å². The van der Waals surface area contributed by atoms with E-state index in [1.54, 1.807) is 36.1 Å². The van der Waals surface area contributed by atoms with E-state index in [-0.39, 0.29) is 11.7 Å². The molecule has 2 heterocycles. The molecule has 0 aliphatic carbocycles. The molecule has 122 valence electrons. The lowest BCUT2D eigenvalue weighted by molar-refractivity contribution is -0.127. The molecule has 0 spiro atoms. The molecule has 3 rings (SSSR count). The fourth-order valence-corrected chi connectivity index (χ4v) is 2.96. The monoisotopic (exact) mass is 317 g/mol. The topological polar surface area (TPSA) is 56.1 Å². The normalized spacial score (nSPS) is 18.3. The van der Waals surface area contributed by atoms with E-state index in [1.807, 2.05) is 6.07 Å². The van der Waals surface area contributed by atoms with E-state index in [9.17, 15) is 9.18 Å². The second-order valence-electron chi connectivity index (χ2n) is 5.86. The maximum atomic E-state index is 13.7. The Bertz CT molecular complexity index is 666. The highest BCUT2D eigenvalue weighted by Crippen LogP contribution is 2.33. The number of carbonyl (C=O) groups is 1. The lowest BCUT2D eigenvalue weighted by atomic mass is 9.82. The van der Waals surface area contributed by atoms with Crippen LogP contribution in [0.1, 0.15) is 31.4 Å². The zero-order chi connectivity index (χ0) is 16.3. The summed E-state index contributed by atoms with van der Waals surface area (Å²) in [7, 11) is 0. The van der Waals surface area contributed by atoms with Gasteiger partial charge in [0.2, 0.25) is 5.91 Å². The summed E-state index contributed by atoms with van der Waals surface area (Å²) in [5, 5.41) is 7.23. The number of amides is 1. The summed E-state index contributed by atoms with van der Waals surface area (Å²) in [6, 6.07) is 7.77. The van der Waals surface area contributed by atoms with Crippen LogP contribution in [0.25, 0.3) is 0 Å². The summed E-state index contributed by atoms with van der Waals surface area (Å²) < 4.78 is 20.7. The molecule has 0 saturated carbocycles. The predicted octanol–water partition coefficient (Wildman–Crippen LogP) is 2.41. The maximum absolute atomic E-state index is 13.7. The standard InChI is InChI=1S/C17H20FN3O2/c1-13(21-9-3-8-19-21)16(22)20-17(6-10-23-11-7-17)14-4-2-5-15(18)12-14/h2-5,8-9,12-13H,6-7,10-11H2,1H3,(H,20,22). The Morgan fingerprint density at radius 2 is 2.17 bits per heavy atom. The van der Waals surface area contributed by atoms with E-state index in [2.05, 4.69) is 10.4 Å². The van der Waals surface area contributed by atoms with Crippen LogP contribution in [0.4, 0.5) is 4.39 Å². The highest BCUT2D eigenvalue weighted by Gasteiger charge is 2.37. The summed E-state index contributed by atoms with van der Waals surface area (Å²) in [6.07, 6.45) is 4.63. The molecular formula is C17H20FN3O2. The van der Waals surface area contributed by atoms with Crippen molar-refractivity contribution in [2.75, 3.05) is 13.2 Å². The van der Waals surface area contributed by atoms with Gasteiger partial charge in [0.1, 0.15) is 11.9 Å². The summed E-state index contributed by atoms with van der Waals surface area (Å²) in [6.45, 7) is 2.86. The zero-order valence-electron chi connectivity index (χ0n) is 13.0. The molecule has 0 bridgehead atoms. The number of hydrogen-bond donors (Lipinski definition) is 1. The molecule has 1 N–H and O–H groups in total. The van der Waals surface area contributed by atoms with Gasteiger partial charge in [0.25, 0.3) is 0 Å². The second kappa shape index (κ2) is 6.50. The molecule has 1 unspecified atom stereocenters. The van der Waals surface area contributed by atoms with Crippen LogP contribution in [-0.4, -0.2) is 28.9 Å². The largest absolute Gasteiger partial charge is 0.381 e. The molecule has 2 aromatic rings. The number of halogens is 1. The van der Waals surface area contributed by atoms with Crippen LogP contribution in [-0.2, 0) is 15.1 Å². The van der Waals surface area contributed by atoms with Gasteiger partial charge in [-0.15, -0.1) is 0 Å². The third-order valence-electron chi connectivity index (χ3n) is 4.39. The number of nitrogens with zero attached hydrogens (tertiary/aromatic N) is 2. The van der Waals surface area contributed by atoms with E-state index in [0.29, 0.717) is 26.1 Å². The first-order valence-corrected chi connectivity index (χ1v) is 7.76. The van der Waals surface area contributed by atoms with Crippen molar-refractivity contribution in [1.82, 2.24) is 15.1 Å². The van der Waals surface area contributed by atoms with Crippen LogP contribution in [0.15, 0.2) is 42.7 Å². The van der Waals surface area contributed by atoms with Crippen LogP contribution >= 0.6 is 0 Å². The van der Waals surface area contributed by atoms with E-state index in [4.69, 9.17) is 4.74 Å². The predicted molar refractivity (Wildman–Crippen MR) is 83.2 cm³/mol. The third kappa shape index (κ3) is 3.27. The van der Waals surface area contributed by atoms with E-state index in [1.165, 1.54) is 12.1 Å². The maximum Gasteiger partial charge on any atom is 0.245 e. The van der Waals surface area contributed by atoms with Gasteiger partial charge in [-0.3, -0.25) is 9.48 Å². The first-order valence-electron chi connectivity index (χ1n) is 7.76. The molecule has 1 fully saturated rings. The van der Waals surface area contributed by atoms with Crippen molar-refractivity contribution in [2.24, 2.45) is 0 Å². The quantitative estimate of drug-likeness (QED) is 0.942. The van der Waals surface area contributed by atoms with Gasteiger partial charge in [-0.1, -0.05) is 12.1 Å². The van der Waals surface area contributed by atoms with Gasteiger partial charge >= 0.3 is 0 Å². The average molecular weight is 317 g/mol. The Morgan fingerprint density at radius 1 is 1.39 bits per heavy atom. The molecule has 5 nitrogen and oxygen atoms in total. The molecule has 1 aliphatic heterocycles. The lowest BCUT2D eigenvalue weighted by Crippen LogP contribution is -2.51. The van der Waals surface area contributed by atoms with Gasteiger partial charge in [-0.25, -0.2) is 4.39 Å². The Labute approximate surface area is 134 Å². The second-order valence-corrected chi connectivity index (χ2v) is 5.86. The van der Waals surface area contributed by atoms with Gasteiger partial charge in [0, 0.05) is 25.6 Å². The smallest absolute Gasteiger partial charge is 0.245 e. The molecule has 1 amide bonds. The fraction of sp³-hybridized carbons (Fsp3) is 0.412. The molecule has 1 aliphatic rings. The summed E-state index contributed by atoms with van der Waals surface area (Å²) in [4.78, 5) is 12.7. The van der Waals surface area contributed by atoms with Gasteiger partial charge < -0.3 is 10.1 Å². The SMILES string of the molecule is CC(C(=O)NC1(c2cccc(F)c2)CCOCC1)n1cccn1. The van der Waals surface area contributed by atoms with E-state index >= 15 is 0 Å². The molecule has 1 atom stereocenters. The molecule has 6 heteroatoms. The Balaban J connectivity index is 1.86. The number of rotatable bonds is 4. The minimum atomic E-state index is -0.598. The molecule has 0 radical (unpaired) electrons. The van der Waals surface area contributed by atoms with Crippen LogP contribution in [0.2, 0.25) is 0 Å². The van der Waals surface area contributed by atoms with Gasteiger partial charge in [0.15, 0.2) is 0 Å². The molecule has 1 aromatic heterocycles. The molecule has 1 aromatic carbocycles. The molecule has 23 heavy (non-hydrogen) atoms. The number of carbonyl (C=O) groups excluding carboxylic acids is 1. The Hall–Kier alpha value is -2.21. The average Bonchev–Trinajstić information content (AvgIpc) is 3.09. The highest BCUT2D eigenvalue weighted by atomic mass is 19.1. The molecule has 1 saturated heterocycles. The summed E-state index contributed by atoms with van der Waals surface area (Å²) in [5.74, 6) is -0.442. The van der Waals surface area contributed by atoms with Crippen LogP contribution < -0.4 is 5.32 Å². The van der Waals surface area contributed by atoms with Gasteiger partial charge in [-0.05, 0) is 43.5 Å². The van der Waals surface area contributed by atoms with Crippen molar-refractivity contribution in [1.29, 1.82) is 0 Å². The number of nitrogens with one attached hydrogen (secondary N) is 1.